The largest absolute Gasteiger partial charge is 0.332 e. The van der Waals surface area contributed by atoms with Gasteiger partial charge in [0.15, 0.2) is 0 Å². The molecule has 2 fully saturated rings. The summed E-state index contributed by atoms with van der Waals surface area (Å²) in [5.74, 6) is 1.79. The molecule has 4 aliphatic rings. The summed E-state index contributed by atoms with van der Waals surface area (Å²) in [6, 6.07) is 3.66. The molecule has 1 saturated heterocycles. The first kappa shape index (κ1) is 19.2. The van der Waals surface area contributed by atoms with Gasteiger partial charge in [-0.1, -0.05) is 6.07 Å². The summed E-state index contributed by atoms with van der Waals surface area (Å²) in [5.41, 5.74) is 3.16. The molecule has 2 aromatic heterocycles. The van der Waals surface area contributed by atoms with Crippen molar-refractivity contribution in [3.63, 3.8) is 0 Å². The summed E-state index contributed by atoms with van der Waals surface area (Å²) < 4.78 is 1.91. The van der Waals surface area contributed by atoms with E-state index in [0.29, 0.717) is 30.8 Å². The van der Waals surface area contributed by atoms with Crippen LogP contribution in [0.3, 0.4) is 0 Å². The second-order valence-corrected chi connectivity index (χ2v) is 9.97. The molecule has 1 saturated carbocycles. The molecule has 3 aliphatic heterocycles. The molecule has 162 valence electrons. The first-order chi connectivity index (χ1) is 15.0. The summed E-state index contributed by atoms with van der Waals surface area (Å²) in [6.45, 7) is 6.98. The molecule has 0 N–H and O–H groups in total. The number of likely N-dealkylation sites (tertiary alicyclic amines) is 1. The molecule has 1 spiro atoms. The van der Waals surface area contributed by atoms with Gasteiger partial charge in [-0.25, -0.2) is 4.98 Å². The van der Waals surface area contributed by atoms with Crippen LogP contribution in [0.4, 0.5) is 0 Å². The average Bonchev–Trinajstić information content (AvgIpc) is 3.40. The van der Waals surface area contributed by atoms with Crippen molar-refractivity contribution in [2.24, 2.45) is 5.92 Å². The minimum atomic E-state index is -0.112. The Bertz CT molecular complexity index is 1100. The maximum Gasteiger partial charge on any atom is 0.272 e. The highest BCUT2D eigenvalue weighted by Gasteiger charge is 2.47. The zero-order valence-electron chi connectivity index (χ0n) is 18.1. The molecule has 2 aromatic rings. The summed E-state index contributed by atoms with van der Waals surface area (Å²) in [7, 11) is 0. The lowest BCUT2D eigenvalue weighted by atomic mass is 9.85. The summed E-state index contributed by atoms with van der Waals surface area (Å²) in [6.07, 6.45) is 7.21. The number of amides is 1. The Kier molecular flexibility index (Phi) is 4.32. The van der Waals surface area contributed by atoms with Gasteiger partial charge in [0.2, 0.25) is 0 Å². The second kappa shape index (κ2) is 6.99. The molecule has 5 heterocycles. The van der Waals surface area contributed by atoms with E-state index in [0.717, 1.165) is 55.5 Å². The molecule has 1 aliphatic carbocycles. The number of fused-ring (bicyclic) bond motifs is 3. The number of nitrogens with zero attached hydrogens (tertiary/aromatic N) is 5. The predicted molar refractivity (Wildman–Crippen MR) is 116 cm³/mol. The van der Waals surface area contributed by atoms with Crippen LogP contribution < -0.4 is 5.56 Å². The molecular weight excluding hydrogens is 390 g/mol. The van der Waals surface area contributed by atoms with Gasteiger partial charge in [-0.3, -0.25) is 19.1 Å². The number of aryl methyl sites for hydroxylation is 1. The Hall–Kier alpha value is -2.54. The maximum absolute atomic E-state index is 13.4. The van der Waals surface area contributed by atoms with E-state index in [1.165, 1.54) is 19.4 Å². The van der Waals surface area contributed by atoms with Gasteiger partial charge in [-0.05, 0) is 56.7 Å². The number of pyridine rings is 1. The second-order valence-electron chi connectivity index (χ2n) is 9.97. The lowest BCUT2D eigenvalue weighted by Crippen LogP contribution is -2.42. The number of aromatic nitrogens is 3. The summed E-state index contributed by atoms with van der Waals surface area (Å²) >= 11 is 0. The van der Waals surface area contributed by atoms with E-state index in [-0.39, 0.29) is 16.9 Å². The highest BCUT2D eigenvalue weighted by Crippen LogP contribution is 2.42. The number of rotatable bonds is 3. The fourth-order valence-electron chi connectivity index (χ4n) is 5.66. The van der Waals surface area contributed by atoms with Gasteiger partial charge in [0.25, 0.3) is 11.5 Å². The van der Waals surface area contributed by atoms with E-state index < -0.39 is 0 Å². The van der Waals surface area contributed by atoms with Gasteiger partial charge in [-0.15, -0.1) is 0 Å². The van der Waals surface area contributed by atoms with Crippen LogP contribution in [-0.2, 0) is 24.9 Å². The molecule has 7 nitrogen and oxygen atoms in total. The standard InChI is InChI=1S/C24H29N5O2/c1-16-2-5-20(25-12-16)22(31)28-9-6-19-18(14-28)21(30)29-11-8-24(23(29)26-19)7-10-27(15-24)13-17-3-4-17/h2,5,12,17H,3-4,6-11,13-15H2,1H3/t24-/m1/s1. The van der Waals surface area contributed by atoms with Crippen LogP contribution in [0.1, 0.15) is 58.8 Å². The van der Waals surface area contributed by atoms with Gasteiger partial charge < -0.3 is 9.80 Å². The Balaban J connectivity index is 1.27. The Morgan fingerprint density at radius 1 is 1.19 bits per heavy atom. The summed E-state index contributed by atoms with van der Waals surface area (Å²) in [5, 5.41) is 0. The first-order valence-corrected chi connectivity index (χ1v) is 11.6. The molecule has 0 unspecified atom stereocenters. The van der Waals surface area contributed by atoms with Gasteiger partial charge in [0.05, 0.1) is 17.8 Å². The highest BCUT2D eigenvalue weighted by atomic mass is 16.2. The van der Waals surface area contributed by atoms with Crippen molar-refractivity contribution in [3.05, 3.63) is 57.0 Å². The zero-order valence-corrected chi connectivity index (χ0v) is 18.1. The van der Waals surface area contributed by atoms with Gasteiger partial charge in [-0.2, -0.15) is 0 Å². The van der Waals surface area contributed by atoms with Crippen molar-refractivity contribution >= 4 is 5.91 Å². The van der Waals surface area contributed by atoms with E-state index in [1.54, 1.807) is 17.2 Å². The average molecular weight is 420 g/mol. The molecule has 0 aromatic carbocycles. The molecule has 6 rings (SSSR count). The number of hydrogen-bond acceptors (Lipinski definition) is 5. The van der Waals surface area contributed by atoms with E-state index in [4.69, 9.17) is 4.98 Å². The van der Waals surface area contributed by atoms with E-state index in [2.05, 4.69) is 9.88 Å². The van der Waals surface area contributed by atoms with Crippen LogP contribution in [0, 0.1) is 12.8 Å². The normalized spacial score (nSPS) is 25.1. The molecule has 1 amide bonds. The fraction of sp³-hybridized carbons (Fsp3) is 0.583. The lowest BCUT2D eigenvalue weighted by molar-refractivity contribution is 0.0726. The lowest BCUT2D eigenvalue weighted by Gasteiger charge is -2.29. The van der Waals surface area contributed by atoms with E-state index >= 15 is 0 Å². The highest BCUT2D eigenvalue weighted by molar-refractivity contribution is 5.92. The Labute approximate surface area is 182 Å². The minimum absolute atomic E-state index is 0.0435. The smallest absolute Gasteiger partial charge is 0.272 e. The molecule has 0 radical (unpaired) electrons. The fourth-order valence-corrected chi connectivity index (χ4v) is 5.66. The predicted octanol–water partition coefficient (Wildman–Crippen LogP) is 1.90. The van der Waals surface area contributed by atoms with Gasteiger partial charge >= 0.3 is 0 Å². The van der Waals surface area contributed by atoms with Crippen molar-refractivity contribution in [3.8, 4) is 0 Å². The van der Waals surface area contributed by atoms with Crippen molar-refractivity contribution in [2.45, 2.75) is 57.5 Å². The van der Waals surface area contributed by atoms with E-state index in [1.807, 2.05) is 17.6 Å². The minimum Gasteiger partial charge on any atom is -0.332 e. The first-order valence-electron chi connectivity index (χ1n) is 11.6. The molecule has 0 bridgehead atoms. The topological polar surface area (TPSA) is 71.3 Å². The Morgan fingerprint density at radius 3 is 2.81 bits per heavy atom. The monoisotopic (exact) mass is 419 g/mol. The number of carbonyl (C=O) groups excluding carboxylic acids is 1. The maximum atomic E-state index is 13.4. The Morgan fingerprint density at radius 2 is 2.03 bits per heavy atom. The number of carbonyl (C=O) groups is 1. The van der Waals surface area contributed by atoms with Crippen LogP contribution in [0.25, 0.3) is 0 Å². The summed E-state index contributed by atoms with van der Waals surface area (Å²) in [4.78, 5) is 40.0. The number of hydrogen-bond donors (Lipinski definition) is 0. The van der Waals surface area contributed by atoms with Crippen molar-refractivity contribution < 1.29 is 4.79 Å². The SMILES string of the molecule is Cc1ccc(C(=O)N2CCc3nc4n(c(=O)c3C2)CC[C@@]42CCN(CC3CC3)C2)nc1. The van der Waals surface area contributed by atoms with E-state index in [9.17, 15) is 9.59 Å². The molecular formula is C24H29N5O2. The molecule has 1 atom stereocenters. The zero-order chi connectivity index (χ0) is 21.2. The third-order valence-corrected chi connectivity index (χ3v) is 7.67. The third kappa shape index (κ3) is 3.21. The quantitative estimate of drug-likeness (QED) is 0.760. The van der Waals surface area contributed by atoms with Crippen molar-refractivity contribution in [1.29, 1.82) is 0 Å². The van der Waals surface area contributed by atoms with Crippen LogP contribution in [0.15, 0.2) is 23.1 Å². The molecule has 31 heavy (non-hydrogen) atoms. The van der Waals surface area contributed by atoms with Crippen LogP contribution in [0.2, 0.25) is 0 Å². The van der Waals surface area contributed by atoms with Crippen molar-refractivity contribution in [1.82, 2.24) is 24.3 Å². The van der Waals surface area contributed by atoms with Crippen LogP contribution >= 0.6 is 0 Å². The van der Waals surface area contributed by atoms with Crippen molar-refractivity contribution in [2.75, 3.05) is 26.2 Å². The third-order valence-electron chi connectivity index (χ3n) is 7.67. The van der Waals surface area contributed by atoms with Crippen LogP contribution in [0.5, 0.6) is 0 Å². The van der Waals surface area contributed by atoms with Gasteiger partial charge in [0.1, 0.15) is 11.5 Å². The molecule has 7 heteroatoms. The van der Waals surface area contributed by atoms with Gasteiger partial charge in [0, 0.05) is 44.2 Å². The van der Waals surface area contributed by atoms with Crippen LogP contribution in [-0.4, -0.2) is 56.4 Å².